The number of rotatable bonds is 23. The molecule has 14 nitrogen and oxygen atoms in total. The van der Waals surface area contributed by atoms with Crippen LogP contribution in [0.15, 0.2) is 60.9 Å². The Morgan fingerprint density at radius 3 is 1.35 bits per heavy atom. The monoisotopic (exact) mass is 638 g/mol. The summed E-state index contributed by atoms with van der Waals surface area (Å²) in [5.41, 5.74) is 1.95. The summed E-state index contributed by atoms with van der Waals surface area (Å²) >= 11 is 0. The Balaban J connectivity index is 0.843. The van der Waals surface area contributed by atoms with Crippen LogP contribution in [0.3, 0.4) is 0 Å². The van der Waals surface area contributed by atoms with Gasteiger partial charge >= 0.3 is 12.1 Å². The smallest absolute Gasteiger partial charge is 0.314 e. The number of urea groups is 2. The van der Waals surface area contributed by atoms with Crippen molar-refractivity contribution in [1.29, 1.82) is 0 Å². The number of hydrogen-bond donors (Lipinski definition) is 4. The van der Waals surface area contributed by atoms with Crippen LogP contribution in [0, 0.1) is 0 Å². The van der Waals surface area contributed by atoms with Gasteiger partial charge in [-0.25, -0.2) is 9.59 Å². The Labute approximate surface area is 269 Å². The molecule has 4 N–H and O–H groups in total. The van der Waals surface area contributed by atoms with E-state index in [0.29, 0.717) is 92.1 Å². The summed E-state index contributed by atoms with van der Waals surface area (Å²) in [6.45, 7) is 7.01. The Kier molecular flexibility index (Phi) is 15.6. The van der Waals surface area contributed by atoms with Crippen LogP contribution in [-0.2, 0) is 32.0 Å². The molecule has 0 saturated carbocycles. The SMILES string of the molecule is O=C(NCCCCNC(=O)NCCOCCOCCn1cc2ccccc2n1)NCCOCCOCCn1cc2ccccc2n1. The molecule has 2 heterocycles. The number of nitrogens with one attached hydrogen (secondary N) is 4. The summed E-state index contributed by atoms with van der Waals surface area (Å²) in [6.07, 6.45) is 5.51. The van der Waals surface area contributed by atoms with Crippen molar-refractivity contribution in [3.8, 4) is 0 Å². The second-order valence-electron chi connectivity index (χ2n) is 10.4. The van der Waals surface area contributed by atoms with Gasteiger partial charge in [-0.2, -0.15) is 10.2 Å². The van der Waals surface area contributed by atoms with Crippen molar-refractivity contribution in [1.82, 2.24) is 40.8 Å². The van der Waals surface area contributed by atoms with Crippen LogP contribution in [0.5, 0.6) is 0 Å². The molecule has 0 atom stereocenters. The fourth-order valence-corrected chi connectivity index (χ4v) is 4.47. The minimum absolute atomic E-state index is 0.242. The van der Waals surface area contributed by atoms with Crippen LogP contribution < -0.4 is 21.3 Å². The van der Waals surface area contributed by atoms with Crippen LogP contribution >= 0.6 is 0 Å². The summed E-state index contributed by atoms with van der Waals surface area (Å²) in [5.74, 6) is 0. The maximum absolute atomic E-state index is 11.9. The van der Waals surface area contributed by atoms with E-state index in [4.69, 9.17) is 18.9 Å². The second kappa shape index (κ2) is 20.7. The van der Waals surface area contributed by atoms with Crippen molar-refractivity contribution in [2.45, 2.75) is 25.9 Å². The van der Waals surface area contributed by atoms with Gasteiger partial charge < -0.3 is 40.2 Å². The third-order valence-corrected chi connectivity index (χ3v) is 6.83. The standard InChI is InChI=1S/C32H46N8O6/c41-31(35-13-17-43-21-23-45-19-15-39-25-27-7-1-3-9-29(27)37-39)33-11-5-6-12-34-32(42)36-14-18-44-22-24-46-20-16-40-26-28-8-2-4-10-30(28)38-40/h1-4,7-10,25-26H,5-6,11-24H2,(H2,33,35,41)(H2,34,36,42). The van der Waals surface area contributed by atoms with Gasteiger partial charge in [0.1, 0.15) is 0 Å². The Hall–Kier alpha value is -4.24. The average Bonchev–Trinajstić information content (AvgIpc) is 3.68. The second-order valence-corrected chi connectivity index (χ2v) is 10.4. The van der Waals surface area contributed by atoms with Crippen LogP contribution in [-0.4, -0.2) is 111 Å². The van der Waals surface area contributed by atoms with Crippen molar-refractivity contribution in [2.24, 2.45) is 0 Å². The highest BCUT2D eigenvalue weighted by Crippen LogP contribution is 2.11. The maximum atomic E-state index is 11.9. The molecule has 14 heteroatoms. The molecule has 2 aromatic heterocycles. The van der Waals surface area contributed by atoms with Crippen LogP contribution in [0.1, 0.15) is 12.8 Å². The third kappa shape index (κ3) is 13.4. The van der Waals surface area contributed by atoms with Crippen molar-refractivity contribution < 1.29 is 28.5 Å². The van der Waals surface area contributed by atoms with Gasteiger partial charge in [-0.05, 0) is 25.0 Å². The minimum Gasteiger partial charge on any atom is -0.377 e. The zero-order valence-electron chi connectivity index (χ0n) is 26.3. The molecule has 0 radical (unpaired) electrons. The number of fused-ring (bicyclic) bond motifs is 2. The van der Waals surface area contributed by atoms with E-state index in [1.54, 1.807) is 0 Å². The molecular weight excluding hydrogens is 592 g/mol. The summed E-state index contributed by atoms with van der Waals surface area (Å²) < 4.78 is 25.9. The molecule has 250 valence electrons. The number of carbonyl (C=O) groups excluding carboxylic acids is 2. The van der Waals surface area contributed by atoms with E-state index in [2.05, 4.69) is 31.5 Å². The van der Waals surface area contributed by atoms with E-state index >= 15 is 0 Å². The molecule has 0 spiro atoms. The van der Waals surface area contributed by atoms with Crippen LogP contribution in [0.2, 0.25) is 0 Å². The zero-order chi connectivity index (χ0) is 32.1. The summed E-state index contributed by atoms with van der Waals surface area (Å²) in [4.78, 5) is 23.8. The minimum atomic E-state index is -0.242. The number of unbranched alkanes of at least 4 members (excludes halogenated alkanes) is 1. The molecule has 2 aromatic carbocycles. The van der Waals surface area contributed by atoms with Gasteiger partial charge in [0.05, 0.1) is 77.0 Å². The molecule has 0 bridgehead atoms. The number of aromatic nitrogens is 4. The molecule has 4 rings (SSSR count). The fraction of sp³-hybridized carbons (Fsp3) is 0.500. The van der Waals surface area contributed by atoms with Crippen molar-refractivity contribution in [2.75, 3.05) is 79.0 Å². The van der Waals surface area contributed by atoms with E-state index in [1.165, 1.54) is 0 Å². The fourth-order valence-electron chi connectivity index (χ4n) is 4.47. The zero-order valence-corrected chi connectivity index (χ0v) is 26.3. The molecule has 4 aromatic rings. The largest absolute Gasteiger partial charge is 0.377 e. The summed E-state index contributed by atoms with van der Waals surface area (Å²) in [5, 5.41) is 22.3. The van der Waals surface area contributed by atoms with Gasteiger partial charge in [0.2, 0.25) is 0 Å². The molecule has 0 aliphatic heterocycles. The lowest BCUT2D eigenvalue weighted by molar-refractivity contribution is 0.0455. The number of amides is 4. The van der Waals surface area contributed by atoms with Crippen molar-refractivity contribution >= 4 is 33.9 Å². The topological polar surface area (TPSA) is 155 Å². The lowest BCUT2D eigenvalue weighted by Gasteiger charge is -2.10. The number of hydrogen-bond acceptors (Lipinski definition) is 8. The van der Waals surface area contributed by atoms with Gasteiger partial charge in [0.25, 0.3) is 0 Å². The van der Waals surface area contributed by atoms with Gasteiger partial charge in [-0.3, -0.25) is 9.36 Å². The molecule has 0 fully saturated rings. The molecular formula is C32H46N8O6. The molecule has 46 heavy (non-hydrogen) atoms. The van der Waals surface area contributed by atoms with E-state index < -0.39 is 0 Å². The van der Waals surface area contributed by atoms with Gasteiger partial charge in [-0.1, -0.05) is 36.4 Å². The van der Waals surface area contributed by atoms with E-state index in [0.717, 1.165) is 34.6 Å². The normalized spacial score (nSPS) is 11.2. The van der Waals surface area contributed by atoms with E-state index in [9.17, 15) is 9.59 Å². The first kappa shape index (κ1) is 34.6. The summed E-state index contributed by atoms with van der Waals surface area (Å²) in [6, 6.07) is 15.5. The number of ether oxygens (including phenoxy) is 4. The number of benzene rings is 2. The highest BCUT2D eigenvalue weighted by atomic mass is 16.5. The van der Waals surface area contributed by atoms with Crippen LogP contribution in [0.25, 0.3) is 21.8 Å². The molecule has 4 amide bonds. The number of carbonyl (C=O) groups is 2. The first-order chi connectivity index (χ1) is 22.7. The Morgan fingerprint density at radius 2 is 0.913 bits per heavy atom. The molecule has 0 aliphatic rings. The maximum Gasteiger partial charge on any atom is 0.314 e. The van der Waals surface area contributed by atoms with Crippen molar-refractivity contribution in [3.05, 3.63) is 60.9 Å². The quantitative estimate of drug-likeness (QED) is 0.0904. The van der Waals surface area contributed by atoms with E-state index in [-0.39, 0.29) is 12.1 Å². The summed E-state index contributed by atoms with van der Waals surface area (Å²) in [7, 11) is 0. The predicted octanol–water partition coefficient (Wildman–Crippen LogP) is 2.53. The first-order valence-electron chi connectivity index (χ1n) is 15.9. The average molecular weight is 639 g/mol. The van der Waals surface area contributed by atoms with Gasteiger partial charge in [-0.15, -0.1) is 0 Å². The van der Waals surface area contributed by atoms with Crippen LogP contribution in [0.4, 0.5) is 9.59 Å². The van der Waals surface area contributed by atoms with Gasteiger partial charge in [0.15, 0.2) is 0 Å². The predicted molar refractivity (Wildman–Crippen MR) is 175 cm³/mol. The van der Waals surface area contributed by atoms with Crippen molar-refractivity contribution in [3.63, 3.8) is 0 Å². The first-order valence-corrected chi connectivity index (χ1v) is 15.9. The highest BCUT2D eigenvalue weighted by molar-refractivity contribution is 5.78. The highest BCUT2D eigenvalue weighted by Gasteiger charge is 2.03. The molecule has 0 aliphatic carbocycles. The molecule has 0 saturated heterocycles. The lowest BCUT2D eigenvalue weighted by Crippen LogP contribution is -2.39. The third-order valence-electron chi connectivity index (χ3n) is 6.83. The Morgan fingerprint density at radius 1 is 0.522 bits per heavy atom. The van der Waals surface area contributed by atoms with Gasteiger partial charge in [0, 0.05) is 49.3 Å². The van der Waals surface area contributed by atoms with E-state index in [1.807, 2.05) is 70.3 Å². The number of nitrogens with zero attached hydrogens (tertiary/aromatic N) is 4. The molecule has 0 unspecified atom stereocenters. The Bertz CT molecular complexity index is 1270. The lowest BCUT2D eigenvalue weighted by atomic mass is 10.3.